The first-order valence-corrected chi connectivity index (χ1v) is 8.73. The van der Waals surface area contributed by atoms with E-state index in [4.69, 9.17) is 4.74 Å². The van der Waals surface area contributed by atoms with Crippen LogP contribution in [0.2, 0.25) is 0 Å². The van der Waals surface area contributed by atoms with Crippen LogP contribution in [0.3, 0.4) is 0 Å². The van der Waals surface area contributed by atoms with Gasteiger partial charge in [-0.3, -0.25) is 4.79 Å². The Morgan fingerprint density at radius 3 is 2.23 bits per heavy atom. The van der Waals surface area contributed by atoms with E-state index >= 15 is 0 Å². The highest BCUT2D eigenvalue weighted by atomic mass is 16.6. The molecule has 0 N–H and O–H groups in total. The molecule has 2 heteroatoms. The van der Waals surface area contributed by atoms with Crippen molar-refractivity contribution in [3.05, 3.63) is 35.9 Å². The molecule has 1 aromatic rings. The summed E-state index contributed by atoms with van der Waals surface area (Å²) < 4.78 is 6.15. The molecule has 2 nitrogen and oxygen atoms in total. The van der Waals surface area contributed by atoms with E-state index in [0.29, 0.717) is 11.8 Å². The maximum atomic E-state index is 12.6. The van der Waals surface area contributed by atoms with Gasteiger partial charge in [0.15, 0.2) is 0 Å². The van der Waals surface area contributed by atoms with Crippen molar-refractivity contribution in [3.63, 3.8) is 0 Å². The van der Waals surface area contributed by atoms with Crippen molar-refractivity contribution in [3.8, 4) is 0 Å². The molecule has 1 aliphatic rings. The summed E-state index contributed by atoms with van der Waals surface area (Å²) in [7, 11) is 0. The van der Waals surface area contributed by atoms with Crippen molar-refractivity contribution in [2.75, 3.05) is 0 Å². The predicted molar refractivity (Wildman–Crippen MR) is 90.5 cm³/mol. The van der Waals surface area contributed by atoms with Gasteiger partial charge >= 0.3 is 5.97 Å². The third-order valence-corrected chi connectivity index (χ3v) is 5.42. The maximum absolute atomic E-state index is 12.6. The minimum Gasteiger partial charge on any atom is -0.454 e. The van der Waals surface area contributed by atoms with Crippen LogP contribution >= 0.6 is 0 Å². The monoisotopic (exact) mass is 302 g/mol. The Hall–Kier alpha value is -1.31. The van der Waals surface area contributed by atoms with Crippen LogP contribution in [0.1, 0.15) is 65.4 Å². The van der Waals surface area contributed by atoms with Crippen LogP contribution in [-0.4, -0.2) is 5.97 Å². The van der Waals surface area contributed by atoms with Crippen LogP contribution in [0.5, 0.6) is 0 Å². The van der Waals surface area contributed by atoms with Gasteiger partial charge in [-0.25, -0.2) is 0 Å². The molecule has 0 radical (unpaired) electrons. The number of ether oxygens (including phenoxy) is 1. The van der Waals surface area contributed by atoms with Crippen molar-refractivity contribution in [1.82, 2.24) is 0 Å². The van der Waals surface area contributed by atoms with Gasteiger partial charge in [-0.05, 0) is 31.2 Å². The van der Waals surface area contributed by atoms with Gasteiger partial charge in [-0.2, -0.15) is 0 Å². The first-order valence-electron chi connectivity index (χ1n) is 8.73. The van der Waals surface area contributed by atoms with Gasteiger partial charge in [-0.1, -0.05) is 70.4 Å². The number of carbonyl (C=O) groups is 1. The lowest BCUT2D eigenvalue weighted by Crippen LogP contribution is -2.40. The molecule has 0 saturated heterocycles. The molecule has 0 bridgehead atoms. The van der Waals surface area contributed by atoms with Crippen molar-refractivity contribution in [1.29, 1.82) is 0 Å². The highest BCUT2D eigenvalue weighted by molar-refractivity contribution is 5.73. The zero-order chi connectivity index (χ0) is 16.2. The largest absolute Gasteiger partial charge is 0.454 e. The number of benzene rings is 1. The van der Waals surface area contributed by atoms with Crippen LogP contribution < -0.4 is 0 Å². The van der Waals surface area contributed by atoms with Crippen LogP contribution in [0.15, 0.2) is 30.3 Å². The van der Waals surface area contributed by atoms with E-state index in [2.05, 4.69) is 32.9 Å². The SMILES string of the molecule is CC(C)C(C)C(=O)OC(C)(c1ccccc1)C1CCCCC1. The van der Waals surface area contributed by atoms with Crippen molar-refractivity contribution in [2.45, 2.75) is 65.4 Å². The minimum atomic E-state index is -0.498. The van der Waals surface area contributed by atoms with E-state index in [9.17, 15) is 4.79 Å². The predicted octanol–water partition coefficient (Wildman–Crippen LogP) is 5.32. The molecule has 0 amide bonds. The Morgan fingerprint density at radius 2 is 1.68 bits per heavy atom. The molecule has 0 heterocycles. The first kappa shape index (κ1) is 17.1. The molecule has 2 atom stereocenters. The molecule has 1 aliphatic carbocycles. The molecule has 1 aromatic carbocycles. The van der Waals surface area contributed by atoms with E-state index in [1.807, 2.05) is 25.1 Å². The van der Waals surface area contributed by atoms with Crippen LogP contribution in [-0.2, 0) is 15.1 Å². The molecular weight excluding hydrogens is 272 g/mol. The van der Waals surface area contributed by atoms with Crippen molar-refractivity contribution in [2.24, 2.45) is 17.8 Å². The Labute approximate surface area is 135 Å². The summed E-state index contributed by atoms with van der Waals surface area (Å²) in [4.78, 5) is 12.6. The summed E-state index contributed by atoms with van der Waals surface area (Å²) >= 11 is 0. The fraction of sp³-hybridized carbons (Fsp3) is 0.650. The summed E-state index contributed by atoms with van der Waals surface area (Å²) in [5.41, 5.74) is 0.633. The fourth-order valence-electron chi connectivity index (χ4n) is 3.37. The molecule has 2 unspecified atom stereocenters. The molecule has 1 fully saturated rings. The van der Waals surface area contributed by atoms with Crippen LogP contribution in [0.4, 0.5) is 0 Å². The zero-order valence-electron chi connectivity index (χ0n) is 14.5. The normalized spacial score (nSPS) is 20.4. The highest BCUT2D eigenvalue weighted by Gasteiger charge is 2.41. The van der Waals surface area contributed by atoms with E-state index in [0.717, 1.165) is 18.4 Å². The average molecular weight is 302 g/mol. The molecule has 0 aliphatic heterocycles. The smallest absolute Gasteiger partial charge is 0.309 e. The third-order valence-electron chi connectivity index (χ3n) is 5.42. The molecule has 0 aromatic heterocycles. The number of rotatable bonds is 5. The zero-order valence-corrected chi connectivity index (χ0v) is 14.5. The molecule has 22 heavy (non-hydrogen) atoms. The Kier molecular flexibility index (Phi) is 5.66. The molecule has 1 saturated carbocycles. The molecule has 0 spiro atoms. The summed E-state index contributed by atoms with van der Waals surface area (Å²) in [5, 5.41) is 0. The Bertz CT molecular complexity index is 474. The topological polar surface area (TPSA) is 26.3 Å². The van der Waals surface area contributed by atoms with Gasteiger partial charge in [0.25, 0.3) is 0 Å². The van der Waals surface area contributed by atoms with Gasteiger partial charge in [0.2, 0.25) is 0 Å². The Morgan fingerprint density at radius 1 is 1.09 bits per heavy atom. The van der Waals surface area contributed by atoms with Crippen molar-refractivity contribution < 1.29 is 9.53 Å². The lowest BCUT2D eigenvalue weighted by molar-refractivity contribution is -0.173. The van der Waals surface area contributed by atoms with Crippen LogP contribution in [0.25, 0.3) is 0 Å². The lowest BCUT2D eigenvalue weighted by Gasteiger charge is -2.40. The van der Waals surface area contributed by atoms with Crippen molar-refractivity contribution >= 4 is 5.97 Å². The summed E-state index contributed by atoms with van der Waals surface area (Å²) in [5.74, 6) is 0.601. The third kappa shape index (κ3) is 3.71. The Balaban J connectivity index is 2.27. The van der Waals surface area contributed by atoms with Crippen LogP contribution in [0, 0.1) is 17.8 Å². The first-order chi connectivity index (χ1) is 10.4. The maximum Gasteiger partial charge on any atom is 0.309 e. The summed E-state index contributed by atoms with van der Waals surface area (Å²) in [6.07, 6.45) is 6.08. The van der Waals surface area contributed by atoms with Gasteiger partial charge in [0, 0.05) is 5.92 Å². The van der Waals surface area contributed by atoms with E-state index in [-0.39, 0.29) is 11.9 Å². The average Bonchev–Trinajstić information content (AvgIpc) is 2.55. The minimum absolute atomic E-state index is 0.0630. The van der Waals surface area contributed by atoms with Gasteiger partial charge in [-0.15, -0.1) is 0 Å². The summed E-state index contributed by atoms with van der Waals surface area (Å²) in [6.45, 7) is 8.24. The molecular formula is C20H30O2. The molecule has 2 rings (SSSR count). The number of esters is 1. The van der Waals surface area contributed by atoms with Gasteiger partial charge in [0.1, 0.15) is 5.60 Å². The quantitative estimate of drug-likeness (QED) is 0.688. The lowest BCUT2D eigenvalue weighted by atomic mass is 9.74. The second-order valence-corrected chi connectivity index (χ2v) is 7.26. The molecule has 122 valence electrons. The summed E-state index contributed by atoms with van der Waals surface area (Å²) in [6, 6.07) is 10.3. The highest BCUT2D eigenvalue weighted by Crippen LogP contribution is 2.42. The second-order valence-electron chi connectivity index (χ2n) is 7.26. The standard InChI is InChI=1S/C20H30O2/c1-15(2)16(3)19(21)22-20(4,17-11-7-5-8-12-17)18-13-9-6-10-14-18/h5,7-8,11-12,15-16,18H,6,9-10,13-14H2,1-4H3. The second kappa shape index (κ2) is 7.30. The fourth-order valence-corrected chi connectivity index (χ4v) is 3.37. The number of hydrogen-bond donors (Lipinski definition) is 0. The number of carbonyl (C=O) groups excluding carboxylic acids is 1. The number of hydrogen-bond acceptors (Lipinski definition) is 2. The van der Waals surface area contributed by atoms with Gasteiger partial charge in [0.05, 0.1) is 5.92 Å². The van der Waals surface area contributed by atoms with E-state index in [1.54, 1.807) is 0 Å². The van der Waals surface area contributed by atoms with E-state index < -0.39 is 5.60 Å². The van der Waals surface area contributed by atoms with E-state index in [1.165, 1.54) is 19.3 Å². The van der Waals surface area contributed by atoms with Gasteiger partial charge < -0.3 is 4.74 Å².